The zero-order chi connectivity index (χ0) is 24.9. The van der Waals surface area contributed by atoms with Gasteiger partial charge in [-0.05, 0) is 66.6 Å². The van der Waals surface area contributed by atoms with Crippen molar-refractivity contribution in [2.24, 2.45) is 0 Å². The van der Waals surface area contributed by atoms with Crippen molar-refractivity contribution in [2.75, 3.05) is 44.2 Å². The number of piperazine rings is 1. The third-order valence-corrected chi connectivity index (χ3v) is 8.26. The number of carbonyl (C=O) groups is 1. The molecule has 186 valence electrons. The summed E-state index contributed by atoms with van der Waals surface area (Å²) in [5, 5.41) is 1.24. The predicted molar refractivity (Wildman–Crippen MR) is 150 cm³/mol. The average molecular weight is 540 g/mol. The second kappa shape index (κ2) is 11.7. The monoisotopic (exact) mass is 538 g/mol. The summed E-state index contributed by atoms with van der Waals surface area (Å²) in [4.78, 5) is 25.5. The van der Waals surface area contributed by atoms with Gasteiger partial charge in [0.1, 0.15) is 11.2 Å². The number of benzene rings is 2. The molecule has 5 rings (SSSR count). The topological polar surface area (TPSA) is 39.7 Å². The summed E-state index contributed by atoms with van der Waals surface area (Å²) in [6, 6.07) is 21.4. The predicted octanol–water partition coefficient (Wildman–Crippen LogP) is 6.22. The molecule has 2 saturated heterocycles. The number of anilines is 1. The van der Waals surface area contributed by atoms with E-state index in [-0.39, 0.29) is 11.3 Å². The van der Waals surface area contributed by atoms with Gasteiger partial charge in [0.15, 0.2) is 0 Å². The highest BCUT2D eigenvalue weighted by atomic mass is 35.5. The lowest BCUT2D eigenvalue weighted by Gasteiger charge is -2.35. The molecule has 5 nitrogen and oxygen atoms in total. The molecule has 1 atom stereocenters. The van der Waals surface area contributed by atoms with Gasteiger partial charge >= 0.3 is 0 Å². The Labute approximate surface area is 226 Å². The van der Waals surface area contributed by atoms with Gasteiger partial charge < -0.3 is 9.80 Å². The van der Waals surface area contributed by atoms with Crippen LogP contribution in [0.5, 0.6) is 0 Å². The van der Waals surface area contributed by atoms with Crippen LogP contribution in [0, 0.1) is 0 Å². The van der Waals surface area contributed by atoms with E-state index in [1.54, 1.807) is 11.8 Å². The van der Waals surface area contributed by atoms with Crippen LogP contribution in [0.2, 0.25) is 10.0 Å². The molecular weight excluding hydrogens is 511 g/mol. The van der Waals surface area contributed by atoms with Crippen molar-refractivity contribution in [3.63, 3.8) is 0 Å². The largest absolute Gasteiger partial charge is 0.354 e. The molecule has 2 aromatic carbocycles. The van der Waals surface area contributed by atoms with Crippen LogP contribution in [0.4, 0.5) is 5.82 Å². The van der Waals surface area contributed by atoms with Crippen molar-refractivity contribution in [1.29, 1.82) is 0 Å². The molecule has 1 aromatic heterocycles. The standard InChI is InChI=1S/C28H28Cl2N4OS/c29-23-8-3-6-21(18-23)19-25-27(35)34(28(36-25)22-7-4-9-24(30)20-22)13-5-12-32-14-16-33(17-15-32)26-10-1-2-11-31-26/h1-4,6-11,18-20,28H,5,12-17H2/b25-19+. The first-order valence-electron chi connectivity index (χ1n) is 12.2. The highest BCUT2D eigenvalue weighted by molar-refractivity contribution is 8.04. The van der Waals surface area contributed by atoms with Crippen molar-refractivity contribution < 1.29 is 4.79 Å². The van der Waals surface area contributed by atoms with Crippen LogP contribution < -0.4 is 4.90 Å². The van der Waals surface area contributed by atoms with Crippen LogP contribution >= 0.6 is 35.0 Å². The van der Waals surface area contributed by atoms with E-state index in [0.29, 0.717) is 16.6 Å². The number of nitrogens with zero attached hydrogens (tertiary/aromatic N) is 4. The molecule has 36 heavy (non-hydrogen) atoms. The molecule has 2 fully saturated rings. The molecular formula is C28H28Cl2N4OS. The first kappa shape index (κ1) is 25.2. The number of carbonyl (C=O) groups excluding carboxylic acids is 1. The molecule has 3 heterocycles. The molecule has 2 aliphatic rings. The van der Waals surface area contributed by atoms with Gasteiger partial charge in [0.25, 0.3) is 5.91 Å². The van der Waals surface area contributed by atoms with E-state index in [1.807, 2.05) is 77.8 Å². The first-order valence-corrected chi connectivity index (χ1v) is 13.8. The van der Waals surface area contributed by atoms with Gasteiger partial charge in [-0.2, -0.15) is 0 Å². The van der Waals surface area contributed by atoms with E-state index in [9.17, 15) is 4.79 Å². The Hall–Kier alpha value is -2.51. The summed E-state index contributed by atoms with van der Waals surface area (Å²) in [6.07, 6.45) is 4.70. The Kier molecular flexibility index (Phi) is 8.17. The lowest BCUT2D eigenvalue weighted by molar-refractivity contribution is -0.126. The fraction of sp³-hybridized carbons (Fsp3) is 0.286. The van der Waals surface area contributed by atoms with Crippen LogP contribution in [0.1, 0.15) is 22.9 Å². The Morgan fingerprint density at radius 1 is 0.917 bits per heavy atom. The Morgan fingerprint density at radius 3 is 2.42 bits per heavy atom. The van der Waals surface area contributed by atoms with Crippen LogP contribution in [-0.2, 0) is 4.79 Å². The zero-order valence-electron chi connectivity index (χ0n) is 19.9. The molecule has 0 bridgehead atoms. The summed E-state index contributed by atoms with van der Waals surface area (Å²) in [7, 11) is 0. The summed E-state index contributed by atoms with van der Waals surface area (Å²) >= 11 is 14.0. The SMILES string of the molecule is O=C1/C(=C\c2cccc(Cl)c2)SC(c2cccc(Cl)c2)N1CCCN1CCN(c2ccccn2)CC1. The van der Waals surface area contributed by atoms with Crippen LogP contribution in [0.25, 0.3) is 6.08 Å². The van der Waals surface area contributed by atoms with Crippen molar-refractivity contribution in [1.82, 2.24) is 14.8 Å². The van der Waals surface area contributed by atoms with Crippen LogP contribution in [0.15, 0.2) is 77.8 Å². The normalized spacial score (nSPS) is 19.9. The van der Waals surface area contributed by atoms with Gasteiger partial charge in [0.2, 0.25) is 0 Å². The van der Waals surface area contributed by atoms with E-state index >= 15 is 0 Å². The number of hydrogen-bond donors (Lipinski definition) is 0. The minimum atomic E-state index is -0.0948. The second-order valence-corrected chi connectivity index (χ2v) is 11.0. The lowest BCUT2D eigenvalue weighted by atomic mass is 10.2. The minimum absolute atomic E-state index is 0.0601. The van der Waals surface area contributed by atoms with Gasteiger partial charge in [-0.3, -0.25) is 9.69 Å². The molecule has 1 amide bonds. The highest BCUT2D eigenvalue weighted by Gasteiger charge is 2.37. The maximum absolute atomic E-state index is 13.5. The van der Waals surface area contributed by atoms with E-state index in [2.05, 4.69) is 20.9 Å². The van der Waals surface area contributed by atoms with E-state index in [1.165, 1.54) is 0 Å². The summed E-state index contributed by atoms with van der Waals surface area (Å²) in [5.74, 6) is 1.10. The molecule has 8 heteroatoms. The summed E-state index contributed by atoms with van der Waals surface area (Å²) in [6.45, 7) is 5.57. The van der Waals surface area contributed by atoms with Crippen LogP contribution in [-0.4, -0.2) is 60.0 Å². The summed E-state index contributed by atoms with van der Waals surface area (Å²) < 4.78 is 0. The van der Waals surface area contributed by atoms with Crippen molar-refractivity contribution in [3.05, 3.63) is 99.0 Å². The van der Waals surface area contributed by atoms with E-state index in [4.69, 9.17) is 23.2 Å². The van der Waals surface area contributed by atoms with Gasteiger partial charge in [-0.15, -0.1) is 0 Å². The molecule has 0 saturated carbocycles. The lowest BCUT2D eigenvalue weighted by Crippen LogP contribution is -2.47. The minimum Gasteiger partial charge on any atom is -0.354 e. The number of halogens is 2. The molecule has 2 aliphatic heterocycles. The highest BCUT2D eigenvalue weighted by Crippen LogP contribution is 2.46. The quantitative estimate of drug-likeness (QED) is 0.334. The fourth-order valence-electron chi connectivity index (χ4n) is 4.66. The maximum atomic E-state index is 13.5. The number of hydrogen-bond acceptors (Lipinski definition) is 5. The van der Waals surface area contributed by atoms with Crippen molar-refractivity contribution >= 4 is 52.8 Å². The zero-order valence-corrected chi connectivity index (χ0v) is 22.2. The Morgan fingerprint density at radius 2 is 1.69 bits per heavy atom. The van der Waals surface area contributed by atoms with Crippen LogP contribution in [0.3, 0.4) is 0 Å². The van der Waals surface area contributed by atoms with E-state index in [0.717, 1.165) is 61.0 Å². The van der Waals surface area contributed by atoms with Gasteiger partial charge in [0.05, 0.1) is 4.91 Å². The number of amides is 1. The number of thioether (sulfide) groups is 1. The van der Waals surface area contributed by atoms with Gasteiger partial charge in [-0.1, -0.05) is 65.3 Å². The first-order chi connectivity index (χ1) is 17.6. The number of aromatic nitrogens is 1. The number of rotatable bonds is 7. The van der Waals surface area contributed by atoms with Gasteiger partial charge in [-0.25, -0.2) is 4.98 Å². The van der Waals surface area contributed by atoms with Crippen molar-refractivity contribution in [2.45, 2.75) is 11.8 Å². The molecule has 0 N–H and O–H groups in total. The molecule has 3 aromatic rings. The third-order valence-electron chi connectivity index (χ3n) is 6.49. The Balaban J connectivity index is 1.24. The van der Waals surface area contributed by atoms with Gasteiger partial charge in [0, 0.05) is 49.0 Å². The molecule has 0 aliphatic carbocycles. The fourth-order valence-corrected chi connectivity index (χ4v) is 6.33. The number of pyridine rings is 1. The van der Waals surface area contributed by atoms with Crippen molar-refractivity contribution in [3.8, 4) is 0 Å². The second-order valence-electron chi connectivity index (χ2n) is 8.96. The summed E-state index contributed by atoms with van der Waals surface area (Å²) in [5.41, 5.74) is 1.97. The third kappa shape index (κ3) is 6.06. The smallest absolute Gasteiger partial charge is 0.261 e. The molecule has 0 spiro atoms. The maximum Gasteiger partial charge on any atom is 0.261 e. The van der Waals surface area contributed by atoms with E-state index < -0.39 is 0 Å². The molecule has 0 radical (unpaired) electrons. The average Bonchev–Trinajstić information content (AvgIpc) is 3.20. The Bertz CT molecular complexity index is 1230. The molecule has 1 unspecified atom stereocenters.